The van der Waals surface area contributed by atoms with E-state index in [1.165, 1.54) is 36.3 Å². The molecule has 0 aliphatic heterocycles. The molecule has 0 unspecified atom stereocenters. The van der Waals surface area contributed by atoms with Gasteiger partial charge in [-0.3, -0.25) is 13.9 Å². The fraction of sp³-hybridized carbons (Fsp3) is 0.278. The zero-order chi connectivity index (χ0) is 34.2. The zero-order valence-corrected chi connectivity index (χ0v) is 28.7. The first-order valence-corrected chi connectivity index (χ1v) is 16.8. The lowest BCUT2D eigenvalue weighted by molar-refractivity contribution is -0.140. The van der Waals surface area contributed by atoms with Crippen molar-refractivity contribution in [1.29, 1.82) is 0 Å². The van der Waals surface area contributed by atoms with Gasteiger partial charge in [0.2, 0.25) is 11.8 Å². The Morgan fingerprint density at radius 1 is 0.830 bits per heavy atom. The van der Waals surface area contributed by atoms with Gasteiger partial charge in [0.25, 0.3) is 10.0 Å². The molecule has 0 saturated carbocycles. The lowest BCUT2D eigenvalue weighted by Crippen LogP contribution is -2.56. The third-order valence-electron chi connectivity index (χ3n) is 7.29. The van der Waals surface area contributed by atoms with E-state index in [2.05, 4.69) is 5.32 Å². The topological polar surface area (TPSA) is 105 Å². The second-order valence-corrected chi connectivity index (χ2v) is 14.2. The number of sulfonamides is 1. The van der Waals surface area contributed by atoms with Crippen molar-refractivity contribution in [3.8, 4) is 11.5 Å². The average Bonchev–Trinajstić information content (AvgIpc) is 3.05. The summed E-state index contributed by atoms with van der Waals surface area (Å²) in [7, 11) is -1.27. The van der Waals surface area contributed by atoms with E-state index in [4.69, 9.17) is 21.1 Å². The Hall–Kier alpha value is -4.54. The zero-order valence-electron chi connectivity index (χ0n) is 27.1. The number of ether oxygens (including phenoxy) is 2. The molecule has 0 radical (unpaired) electrons. The summed E-state index contributed by atoms with van der Waals surface area (Å²) >= 11 is 6.44. The highest BCUT2D eigenvalue weighted by Crippen LogP contribution is 2.32. The molecule has 0 aliphatic carbocycles. The Bertz CT molecular complexity index is 1780. The Morgan fingerprint density at radius 2 is 1.47 bits per heavy atom. The second-order valence-electron chi connectivity index (χ2n) is 12.0. The highest BCUT2D eigenvalue weighted by molar-refractivity contribution is 7.92. The molecule has 1 N–H and O–H groups in total. The van der Waals surface area contributed by atoms with Crippen molar-refractivity contribution in [1.82, 2.24) is 10.2 Å². The van der Waals surface area contributed by atoms with Crippen LogP contribution in [0.3, 0.4) is 0 Å². The lowest BCUT2D eigenvalue weighted by atomic mass is 10.0. The SMILES string of the molecule is COc1cccc(CN(C(=O)CN(c2ccc(OC)c(Cl)c2)S(=O)(=O)c2ccccc2)[C@@H](Cc2ccccc2)C(=O)NC(C)(C)C)c1. The van der Waals surface area contributed by atoms with Gasteiger partial charge in [-0.2, -0.15) is 0 Å². The molecular weight excluding hydrogens is 638 g/mol. The van der Waals surface area contributed by atoms with Crippen LogP contribution in [0.2, 0.25) is 5.02 Å². The molecule has 0 heterocycles. The summed E-state index contributed by atoms with van der Waals surface area (Å²) in [5.41, 5.74) is 1.09. The number of hydrogen-bond acceptors (Lipinski definition) is 6. The van der Waals surface area contributed by atoms with E-state index in [0.717, 1.165) is 9.87 Å². The monoisotopic (exact) mass is 677 g/mol. The number of rotatable bonds is 13. The smallest absolute Gasteiger partial charge is 0.264 e. The molecule has 248 valence electrons. The third-order valence-corrected chi connectivity index (χ3v) is 9.37. The Morgan fingerprint density at radius 3 is 2.06 bits per heavy atom. The van der Waals surface area contributed by atoms with Gasteiger partial charge in [0.05, 0.1) is 29.8 Å². The Balaban J connectivity index is 1.84. The van der Waals surface area contributed by atoms with Crippen LogP contribution in [0.25, 0.3) is 0 Å². The fourth-order valence-electron chi connectivity index (χ4n) is 5.03. The number of nitrogens with one attached hydrogen (secondary N) is 1. The molecule has 0 aromatic heterocycles. The number of nitrogens with zero attached hydrogens (tertiary/aromatic N) is 2. The van der Waals surface area contributed by atoms with Crippen molar-refractivity contribution in [2.75, 3.05) is 25.1 Å². The largest absolute Gasteiger partial charge is 0.497 e. The maximum atomic E-state index is 14.6. The third kappa shape index (κ3) is 9.27. The van der Waals surface area contributed by atoms with E-state index in [0.29, 0.717) is 17.1 Å². The minimum Gasteiger partial charge on any atom is -0.497 e. The number of halogens is 1. The van der Waals surface area contributed by atoms with E-state index in [-0.39, 0.29) is 34.5 Å². The predicted octanol–water partition coefficient (Wildman–Crippen LogP) is 6.11. The van der Waals surface area contributed by atoms with Gasteiger partial charge in [-0.25, -0.2) is 8.42 Å². The molecule has 4 rings (SSSR count). The van der Waals surface area contributed by atoms with Crippen LogP contribution in [-0.4, -0.2) is 57.5 Å². The number of anilines is 1. The van der Waals surface area contributed by atoms with Crippen LogP contribution in [0.4, 0.5) is 5.69 Å². The van der Waals surface area contributed by atoms with E-state index >= 15 is 0 Å². The molecule has 9 nitrogen and oxygen atoms in total. The quantitative estimate of drug-likeness (QED) is 0.183. The van der Waals surface area contributed by atoms with Crippen molar-refractivity contribution in [3.63, 3.8) is 0 Å². The number of carbonyl (C=O) groups is 2. The van der Waals surface area contributed by atoms with Crippen LogP contribution in [0.1, 0.15) is 31.9 Å². The molecule has 47 heavy (non-hydrogen) atoms. The molecule has 4 aromatic carbocycles. The van der Waals surface area contributed by atoms with Gasteiger partial charge in [-0.15, -0.1) is 0 Å². The van der Waals surface area contributed by atoms with E-state index in [9.17, 15) is 18.0 Å². The summed E-state index contributed by atoms with van der Waals surface area (Å²) in [6, 6.07) is 27.9. The molecule has 1 atom stereocenters. The minimum absolute atomic E-state index is 0.00763. The van der Waals surface area contributed by atoms with Crippen molar-refractivity contribution in [3.05, 3.63) is 119 Å². The van der Waals surface area contributed by atoms with Crippen molar-refractivity contribution in [2.24, 2.45) is 0 Å². The summed E-state index contributed by atoms with van der Waals surface area (Å²) in [6.07, 6.45) is 0.193. The highest BCUT2D eigenvalue weighted by atomic mass is 35.5. The molecule has 4 aromatic rings. The lowest BCUT2D eigenvalue weighted by Gasteiger charge is -2.35. The van der Waals surface area contributed by atoms with Crippen LogP contribution in [0.15, 0.2) is 108 Å². The standard InChI is InChI=1S/C36H40ClN3O6S/c1-36(2,3)38-35(42)32(22-26-13-8-6-9-14-26)39(24-27-15-12-16-29(21-27)45-4)34(41)25-40(28-19-20-33(46-5)31(37)23-28)47(43,44)30-17-10-7-11-18-30/h6-21,23,32H,22,24-25H2,1-5H3,(H,38,42)/t32-/m0/s1. The number of benzene rings is 4. The Kier molecular flexibility index (Phi) is 11.5. The van der Waals surface area contributed by atoms with Crippen molar-refractivity contribution >= 4 is 39.1 Å². The summed E-state index contributed by atoms with van der Waals surface area (Å²) < 4.78 is 40.0. The maximum absolute atomic E-state index is 14.6. The van der Waals surface area contributed by atoms with Gasteiger partial charge >= 0.3 is 0 Å². The maximum Gasteiger partial charge on any atom is 0.264 e. The van der Waals surface area contributed by atoms with Crippen LogP contribution >= 0.6 is 11.6 Å². The number of carbonyl (C=O) groups excluding carboxylic acids is 2. The average molecular weight is 678 g/mol. The molecule has 0 aliphatic rings. The normalized spacial score (nSPS) is 12.1. The highest BCUT2D eigenvalue weighted by Gasteiger charge is 2.35. The van der Waals surface area contributed by atoms with Crippen LogP contribution in [0.5, 0.6) is 11.5 Å². The van der Waals surface area contributed by atoms with Gasteiger partial charge in [-0.05, 0) is 74.4 Å². The molecule has 2 amide bonds. The van der Waals surface area contributed by atoms with Crippen LogP contribution in [0, 0.1) is 0 Å². The first-order chi connectivity index (χ1) is 22.3. The summed E-state index contributed by atoms with van der Waals surface area (Å²) in [5.74, 6) is -0.0400. The van der Waals surface area contributed by atoms with Crippen LogP contribution in [-0.2, 0) is 32.6 Å². The van der Waals surface area contributed by atoms with Gasteiger partial charge < -0.3 is 19.7 Å². The molecule has 0 saturated heterocycles. The summed E-state index contributed by atoms with van der Waals surface area (Å²) in [6.45, 7) is 4.98. The number of methoxy groups -OCH3 is 2. The van der Waals surface area contributed by atoms with Gasteiger partial charge in [0.15, 0.2) is 0 Å². The molecule has 0 fully saturated rings. The Labute approximate surface area is 282 Å². The van der Waals surface area contributed by atoms with Crippen molar-refractivity contribution < 1.29 is 27.5 Å². The molecule has 11 heteroatoms. The van der Waals surface area contributed by atoms with E-state index in [1.807, 2.05) is 57.2 Å². The molecule has 0 spiro atoms. The molecule has 0 bridgehead atoms. The van der Waals surface area contributed by atoms with E-state index in [1.54, 1.807) is 49.6 Å². The minimum atomic E-state index is -4.27. The van der Waals surface area contributed by atoms with Gasteiger partial charge in [0, 0.05) is 18.5 Å². The molecular formula is C36H40ClN3O6S. The summed E-state index contributed by atoms with van der Waals surface area (Å²) in [5, 5.41) is 3.20. The number of hydrogen-bond donors (Lipinski definition) is 1. The predicted molar refractivity (Wildman–Crippen MR) is 184 cm³/mol. The van der Waals surface area contributed by atoms with Gasteiger partial charge in [-0.1, -0.05) is 72.3 Å². The fourth-order valence-corrected chi connectivity index (χ4v) is 6.71. The van der Waals surface area contributed by atoms with E-state index < -0.39 is 34.1 Å². The first-order valence-electron chi connectivity index (χ1n) is 15.0. The first kappa shape index (κ1) is 35.3. The number of amides is 2. The summed E-state index contributed by atoms with van der Waals surface area (Å²) in [4.78, 5) is 30.1. The second kappa shape index (κ2) is 15.4. The van der Waals surface area contributed by atoms with Gasteiger partial charge in [0.1, 0.15) is 24.1 Å². The van der Waals surface area contributed by atoms with Crippen molar-refractivity contribution in [2.45, 2.75) is 50.2 Å². The van der Waals surface area contributed by atoms with Crippen LogP contribution < -0.4 is 19.1 Å².